The maximum Gasteiger partial charge on any atom is 0.328 e. The Kier molecular flexibility index (Phi) is 22.6. The number of carbonyl (C=O) groups is 5. The van der Waals surface area contributed by atoms with E-state index in [0.29, 0.717) is 66.1 Å². The molecule has 2 aromatic rings. The number of nitrogens with one attached hydrogen (secondary N) is 1. The number of unbranched alkanes of at least 4 members (excludes halogenated alkanes) is 11. The maximum absolute atomic E-state index is 14.8. The number of rotatable bonds is 24. The Morgan fingerprint density at radius 3 is 2.14 bits per heavy atom. The number of carbonyl (C=O) groups excluding carboxylic acids is 5. The lowest BCUT2D eigenvalue weighted by atomic mass is 9.78. The van der Waals surface area contributed by atoms with Gasteiger partial charge < -0.3 is 35.3 Å². The van der Waals surface area contributed by atoms with Crippen molar-refractivity contribution in [3.05, 3.63) is 47.5 Å². The lowest BCUT2D eigenvalue weighted by molar-refractivity contribution is -0.211. The molecule has 2 amide bonds. The van der Waals surface area contributed by atoms with Crippen molar-refractivity contribution >= 4 is 29.4 Å². The van der Waals surface area contributed by atoms with Crippen LogP contribution in [0.5, 0.6) is 11.5 Å². The molecule has 12 nitrogen and oxygen atoms in total. The molecule has 0 spiro atoms. The molecule has 12 heteroatoms. The number of hydrogen-bond acceptors (Lipinski definition) is 10. The highest BCUT2D eigenvalue weighted by Crippen LogP contribution is 2.43. The monoisotopic (exact) mass is 918 g/mol. The number of nitrogens with two attached hydrogens (primary N) is 1. The summed E-state index contributed by atoms with van der Waals surface area (Å²) in [6.45, 7) is 12.9. The Morgan fingerprint density at radius 1 is 0.833 bits per heavy atom. The summed E-state index contributed by atoms with van der Waals surface area (Å²) in [7, 11) is 2.83. The van der Waals surface area contributed by atoms with Crippen LogP contribution >= 0.6 is 0 Å². The first-order valence-electron chi connectivity index (χ1n) is 25.3. The third kappa shape index (κ3) is 15.4. The summed E-state index contributed by atoms with van der Waals surface area (Å²) >= 11 is 0. The van der Waals surface area contributed by atoms with Crippen molar-refractivity contribution in [3.63, 3.8) is 0 Å². The van der Waals surface area contributed by atoms with Crippen LogP contribution in [-0.4, -0.2) is 78.5 Å². The van der Waals surface area contributed by atoms with E-state index in [1.165, 1.54) is 69.4 Å². The summed E-state index contributed by atoms with van der Waals surface area (Å²) in [5.74, 6) is -2.48. The summed E-state index contributed by atoms with van der Waals surface area (Å²) in [5, 5.41) is 14.3. The van der Waals surface area contributed by atoms with Crippen LogP contribution in [0.4, 0.5) is 0 Å². The highest BCUT2D eigenvalue weighted by molar-refractivity contribution is 5.96. The molecular weight excluding hydrogens is 835 g/mol. The van der Waals surface area contributed by atoms with Crippen molar-refractivity contribution < 1.29 is 43.3 Å². The molecule has 2 aromatic carbocycles. The number of methoxy groups -OCH3 is 1. The molecule has 4 rings (SSSR count). The molecule has 66 heavy (non-hydrogen) atoms. The molecule has 1 saturated heterocycles. The Labute approximate surface area is 395 Å². The summed E-state index contributed by atoms with van der Waals surface area (Å²) in [4.78, 5) is 71.4. The van der Waals surface area contributed by atoms with Crippen LogP contribution in [0.3, 0.4) is 0 Å². The van der Waals surface area contributed by atoms with Gasteiger partial charge in [0, 0.05) is 61.6 Å². The van der Waals surface area contributed by atoms with Gasteiger partial charge in [-0.2, -0.15) is 0 Å². The van der Waals surface area contributed by atoms with Crippen LogP contribution in [0.15, 0.2) is 36.4 Å². The van der Waals surface area contributed by atoms with Gasteiger partial charge in [-0.05, 0) is 79.5 Å². The average molecular weight is 918 g/mol. The van der Waals surface area contributed by atoms with Crippen LogP contribution in [-0.2, 0) is 39.9 Å². The van der Waals surface area contributed by atoms with Crippen LogP contribution in [0.2, 0.25) is 0 Å². The van der Waals surface area contributed by atoms with Crippen molar-refractivity contribution in [3.8, 4) is 22.6 Å². The van der Waals surface area contributed by atoms with Crippen LogP contribution in [0.25, 0.3) is 11.1 Å². The zero-order chi connectivity index (χ0) is 48.3. The number of benzene rings is 2. The molecule has 9 atom stereocenters. The number of Topliss-reactive ketones (excluding diaryl/α,β-unsaturated/α-hetero) is 2. The van der Waals surface area contributed by atoms with E-state index >= 15 is 0 Å². The third-order valence-corrected chi connectivity index (χ3v) is 14.4. The number of nitrogens with zero attached hydrogens (tertiary/aromatic N) is 1. The molecule has 0 aromatic heterocycles. The third-order valence-electron chi connectivity index (χ3n) is 14.4. The Morgan fingerprint density at radius 2 is 1.50 bits per heavy atom. The number of ether oxygens (including phenoxy) is 3. The number of amides is 2. The zero-order valence-electron chi connectivity index (χ0n) is 41.5. The fourth-order valence-electron chi connectivity index (χ4n) is 9.81. The lowest BCUT2D eigenvalue weighted by Gasteiger charge is -2.43. The van der Waals surface area contributed by atoms with Crippen LogP contribution in [0, 0.1) is 29.6 Å². The number of hydrogen-bond donors (Lipinski definition) is 3. The Hall–Kier alpha value is -4.29. The number of fused-ring (bicyclic) bond motifs is 5. The zero-order valence-corrected chi connectivity index (χ0v) is 41.5. The molecule has 1 fully saturated rings. The second-order valence-corrected chi connectivity index (χ2v) is 19.5. The highest BCUT2D eigenvalue weighted by atomic mass is 16.7. The topological polar surface area (TPSA) is 175 Å². The van der Waals surface area contributed by atoms with Crippen LogP contribution in [0.1, 0.15) is 174 Å². The molecular formula is C54H83N3O9. The van der Waals surface area contributed by atoms with Crippen molar-refractivity contribution in [1.82, 2.24) is 10.2 Å². The van der Waals surface area contributed by atoms with Crippen molar-refractivity contribution in [1.29, 1.82) is 0 Å². The van der Waals surface area contributed by atoms with Crippen molar-refractivity contribution in [2.45, 2.75) is 188 Å². The van der Waals surface area contributed by atoms with Crippen molar-refractivity contribution in [2.75, 3.05) is 20.7 Å². The first-order valence-corrected chi connectivity index (χ1v) is 25.3. The van der Waals surface area contributed by atoms with E-state index in [9.17, 15) is 29.1 Å². The fourth-order valence-corrected chi connectivity index (χ4v) is 9.81. The summed E-state index contributed by atoms with van der Waals surface area (Å²) < 4.78 is 18.4. The summed E-state index contributed by atoms with van der Waals surface area (Å²) in [6.07, 6.45) is 15.2. The molecule has 2 heterocycles. The molecule has 2 aliphatic rings. The minimum Gasteiger partial charge on any atom is -0.507 e. The van der Waals surface area contributed by atoms with Gasteiger partial charge >= 0.3 is 5.97 Å². The number of likely N-dealkylation sites (N-methyl/N-ethyl adjacent to an activating group) is 1. The van der Waals surface area contributed by atoms with Gasteiger partial charge in [0.05, 0.1) is 13.2 Å². The minimum atomic E-state index is -1.17. The molecule has 0 aliphatic carbocycles. The number of ketones is 2. The largest absolute Gasteiger partial charge is 0.507 e. The second kappa shape index (κ2) is 27.5. The van der Waals surface area contributed by atoms with E-state index in [2.05, 4.69) is 39.9 Å². The fraction of sp³-hybridized carbons (Fsp3) is 0.685. The first-order chi connectivity index (χ1) is 31.6. The van der Waals surface area contributed by atoms with E-state index in [1.54, 1.807) is 44.3 Å². The normalized spacial score (nSPS) is 23.9. The molecule has 4 N–H and O–H groups in total. The van der Waals surface area contributed by atoms with E-state index in [1.807, 2.05) is 0 Å². The molecule has 0 radical (unpaired) electrons. The predicted octanol–water partition coefficient (Wildman–Crippen LogP) is 10.2. The van der Waals surface area contributed by atoms with Gasteiger partial charge in [-0.3, -0.25) is 19.2 Å². The van der Waals surface area contributed by atoms with Crippen molar-refractivity contribution in [2.24, 2.45) is 35.3 Å². The maximum atomic E-state index is 14.8. The summed E-state index contributed by atoms with van der Waals surface area (Å²) in [6, 6.07) is 7.99. The second-order valence-electron chi connectivity index (χ2n) is 19.5. The lowest BCUT2D eigenvalue weighted by Crippen LogP contribution is -2.47. The molecule has 0 saturated carbocycles. The van der Waals surface area contributed by atoms with Gasteiger partial charge in [0.2, 0.25) is 18.1 Å². The number of phenols is 1. The Balaban J connectivity index is 1.70. The standard InChI is InChI=1S/C54H83N3O9/c1-9-11-12-13-14-15-16-17-18-19-20-24-42(58)33-41(23-21-22-29-55)52(62)57(7)50-40-26-28-49(66-54-38(6)36(4)37(5)48(10-2)65-54)44(34-40)43-31-39(25-27-46(43)59)32-45(53(63)64-8)56-51(61)35(3)30-47(50)60/h25-28,31,34-38,41,45,48,50,54,59H,9-24,29-30,32-33,55H2,1-8H3,(H,56,61)/t35-,36+,37+,38-,41-,45+,48-,50+,54?/m1/s1. The molecule has 1 unspecified atom stereocenters. The van der Waals surface area contributed by atoms with Gasteiger partial charge in [-0.15, -0.1) is 0 Å². The van der Waals surface area contributed by atoms with E-state index < -0.39 is 47.9 Å². The smallest absolute Gasteiger partial charge is 0.328 e. The Bertz CT molecular complexity index is 1880. The molecule has 368 valence electrons. The SMILES string of the molecule is CCCCCCCCCCCCCC(=O)C[C@@H](CCCCN)C(=O)N(C)[C@@H]1C(=O)C[C@@H](C)C(=O)N[C@H](C(=O)OC)Cc2ccc(O)c(c2)-c2cc1ccc2OC1O[C@H](CC)[C@@H](C)[C@H](C)[C@H]1C. The van der Waals surface area contributed by atoms with Gasteiger partial charge in [0.1, 0.15) is 29.4 Å². The van der Waals surface area contributed by atoms with E-state index in [-0.39, 0.29) is 54.6 Å². The van der Waals surface area contributed by atoms with Gasteiger partial charge in [-0.25, -0.2) is 4.79 Å². The highest BCUT2D eigenvalue weighted by Gasteiger charge is 2.41. The predicted molar refractivity (Wildman–Crippen MR) is 260 cm³/mol. The van der Waals surface area contributed by atoms with Gasteiger partial charge in [0.15, 0.2) is 5.78 Å². The quantitative estimate of drug-likeness (QED) is 0.0679. The van der Waals surface area contributed by atoms with Gasteiger partial charge in [0.25, 0.3) is 0 Å². The number of aromatic hydroxyl groups is 1. The van der Waals surface area contributed by atoms with Crippen LogP contribution < -0.4 is 15.8 Å². The first kappa shape index (κ1) is 54.3. The summed E-state index contributed by atoms with van der Waals surface area (Å²) in [5.41, 5.74) is 7.80. The average Bonchev–Trinajstić information content (AvgIpc) is 3.30. The van der Waals surface area contributed by atoms with E-state index in [0.717, 1.165) is 25.7 Å². The number of esters is 1. The number of phenolic OH excluding ortho intramolecular Hbond substituents is 1. The van der Waals surface area contributed by atoms with E-state index in [4.69, 9.17) is 19.9 Å². The minimum absolute atomic E-state index is 0.0194. The molecule has 4 bridgehead atoms. The molecule has 2 aliphatic heterocycles. The van der Waals surface area contributed by atoms with Gasteiger partial charge in [-0.1, -0.05) is 124 Å².